The fourth-order valence-electron chi connectivity index (χ4n) is 3.36. The molecule has 0 aliphatic carbocycles. The Hall–Kier alpha value is -4.17. The van der Waals surface area contributed by atoms with Gasteiger partial charge in [-0.2, -0.15) is 5.26 Å². The van der Waals surface area contributed by atoms with E-state index in [4.69, 9.17) is 16.0 Å². The molecule has 0 fully saturated rings. The maximum atomic E-state index is 13.0. The summed E-state index contributed by atoms with van der Waals surface area (Å²) in [5.74, 6) is -0.504. The molecule has 0 radical (unpaired) electrons. The van der Waals surface area contributed by atoms with Gasteiger partial charge in [-0.15, -0.1) is 11.3 Å². The lowest BCUT2D eigenvalue weighted by Gasteiger charge is -2.10. The minimum absolute atomic E-state index is 0.0269. The Morgan fingerprint density at radius 1 is 1.35 bits per heavy atom. The van der Waals surface area contributed by atoms with Crippen LogP contribution in [0.1, 0.15) is 26.4 Å². The molecule has 0 saturated heterocycles. The first-order chi connectivity index (χ1) is 14.7. The molecule has 31 heavy (non-hydrogen) atoms. The lowest BCUT2D eigenvalue weighted by molar-refractivity contribution is -0.730. The van der Waals surface area contributed by atoms with E-state index in [1.807, 2.05) is 32.0 Å². The molecule has 4 aromatic rings. The first-order valence-electron chi connectivity index (χ1n) is 9.11. The molecular formula is C20H18N7O3S+. The molecule has 4 rings (SSSR count). The van der Waals surface area contributed by atoms with Gasteiger partial charge < -0.3 is 16.8 Å². The number of H-pyrrole nitrogens is 1. The Balaban J connectivity index is 1.95. The molecule has 0 aliphatic heterocycles. The Morgan fingerprint density at radius 2 is 2.10 bits per heavy atom. The van der Waals surface area contributed by atoms with Gasteiger partial charge in [-0.1, -0.05) is 16.8 Å². The van der Waals surface area contributed by atoms with Gasteiger partial charge in [-0.25, -0.2) is 9.78 Å². The van der Waals surface area contributed by atoms with Crippen LogP contribution in [-0.4, -0.2) is 16.2 Å². The molecule has 0 aliphatic rings. The number of carbonyl (C=O) groups excluding carboxylic acids is 1. The van der Waals surface area contributed by atoms with Crippen molar-refractivity contribution in [1.29, 1.82) is 5.26 Å². The zero-order chi connectivity index (χ0) is 22.4. The number of nitrogens with one attached hydrogen (secondary N) is 2. The second kappa shape index (κ2) is 7.26. The van der Waals surface area contributed by atoms with Crippen LogP contribution in [0.25, 0.3) is 21.5 Å². The molecule has 11 heteroatoms. The molecule has 6 N–H and O–H groups in total. The van der Waals surface area contributed by atoms with Gasteiger partial charge in [0.1, 0.15) is 27.2 Å². The minimum Gasteiger partial charge on any atom is -0.397 e. The van der Waals surface area contributed by atoms with Gasteiger partial charge >= 0.3 is 11.3 Å². The number of hydrogen-bond donors (Lipinski definition) is 4. The molecule has 1 aromatic carbocycles. The number of benzene rings is 1. The van der Waals surface area contributed by atoms with Gasteiger partial charge in [-0.05, 0) is 36.3 Å². The number of aryl methyl sites for hydroxylation is 2. The number of nitrogens with zero attached hydrogens (tertiary/aromatic N) is 3. The number of nitrogen functional groups attached to an aromatic ring is 2. The number of fused-ring (bicyclic) bond motifs is 1. The van der Waals surface area contributed by atoms with Crippen LogP contribution in [0.2, 0.25) is 0 Å². The van der Waals surface area contributed by atoms with Crippen molar-refractivity contribution < 1.29 is 14.0 Å². The van der Waals surface area contributed by atoms with E-state index in [2.05, 4.69) is 15.6 Å². The summed E-state index contributed by atoms with van der Waals surface area (Å²) in [6, 6.07) is 7.56. The van der Waals surface area contributed by atoms with Crippen LogP contribution >= 0.6 is 11.3 Å². The first-order valence-corrected chi connectivity index (χ1v) is 9.93. The molecule has 0 bridgehead atoms. The number of amides is 1. The zero-order valence-electron chi connectivity index (χ0n) is 16.9. The molecule has 156 valence electrons. The van der Waals surface area contributed by atoms with Crippen molar-refractivity contribution in [3.63, 3.8) is 0 Å². The van der Waals surface area contributed by atoms with E-state index in [0.29, 0.717) is 15.9 Å². The molecule has 1 amide bonds. The fourth-order valence-corrected chi connectivity index (χ4v) is 4.37. The second-order valence-corrected chi connectivity index (χ2v) is 7.97. The monoisotopic (exact) mass is 436 g/mol. The summed E-state index contributed by atoms with van der Waals surface area (Å²) in [4.78, 5) is 30.1. The lowest BCUT2D eigenvalue weighted by Crippen LogP contribution is -2.34. The predicted octanol–water partition coefficient (Wildman–Crippen LogP) is 1.97. The topological polar surface area (TPSA) is 168 Å². The highest BCUT2D eigenvalue weighted by Crippen LogP contribution is 2.41. The molecule has 3 aromatic heterocycles. The highest BCUT2D eigenvalue weighted by atomic mass is 32.1. The molecular weight excluding hydrogens is 418 g/mol. The number of nitriles is 1. The van der Waals surface area contributed by atoms with E-state index in [1.54, 1.807) is 13.1 Å². The summed E-state index contributed by atoms with van der Waals surface area (Å²) in [6.07, 6.45) is 0. The van der Waals surface area contributed by atoms with Crippen LogP contribution in [0.5, 0.6) is 0 Å². The number of aromatic nitrogens is 3. The van der Waals surface area contributed by atoms with Gasteiger partial charge in [0, 0.05) is 5.69 Å². The fraction of sp³-hybridized carbons (Fsp3) is 0.150. The number of anilines is 3. The molecule has 0 spiro atoms. The van der Waals surface area contributed by atoms with Crippen LogP contribution in [0.4, 0.5) is 17.2 Å². The van der Waals surface area contributed by atoms with Crippen LogP contribution in [-0.2, 0) is 7.05 Å². The third-order valence-corrected chi connectivity index (χ3v) is 6.21. The summed E-state index contributed by atoms with van der Waals surface area (Å²) < 4.78 is 6.14. The van der Waals surface area contributed by atoms with Crippen LogP contribution in [0.3, 0.4) is 0 Å². The average molecular weight is 436 g/mol. The number of aromatic amines is 1. The molecule has 3 heterocycles. The van der Waals surface area contributed by atoms with Gasteiger partial charge in [0.05, 0.1) is 16.6 Å². The summed E-state index contributed by atoms with van der Waals surface area (Å²) in [5, 5.41) is 15.2. The third-order valence-electron chi connectivity index (χ3n) is 5.12. The smallest absolute Gasteiger partial charge is 0.397 e. The van der Waals surface area contributed by atoms with Crippen LogP contribution in [0, 0.1) is 25.2 Å². The number of nitrogens with two attached hydrogens (primary N) is 2. The molecule has 0 atom stereocenters. The van der Waals surface area contributed by atoms with E-state index >= 15 is 0 Å². The SMILES string of the molecule is Cc1cccc(NC(=O)c2sc3nc(N)c(C#N)c(-c4c(=O)o[nH][n+]4C)c3c2N)c1C. The van der Waals surface area contributed by atoms with Crippen molar-refractivity contribution in [3.05, 3.63) is 50.2 Å². The number of hydrogen-bond acceptors (Lipinski definition) is 8. The maximum absolute atomic E-state index is 13.0. The van der Waals surface area contributed by atoms with Crippen molar-refractivity contribution in [1.82, 2.24) is 10.3 Å². The van der Waals surface area contributed by atoms with E-state index < -0.39 is 11.5 Å². The number of pyridine rings is 1. The predicted molar refractivity (Wildman–Crippen MR) is 117 cm³/mol. The minimum atomic E-state index is -0.710. The van der Waals surface area contributed by atoms with Crippen molar-refractivity contribution in [2.75, 3.05) is 16.8 Å². The quantitative estimate of drug-likeness (QED) is 0.356. The first kappa shape index (κ1) is 20.1. The van der Waals surface area contributed by atoms with Crippen molar-refractivity contribution in [3.8, 4) is 17.3 Å². The maximum Gasteiger partial charge on any atom is 0.435 e. The van der Waals surface area contributed by atoms with Gasteiger partial charge in [-0.3, -0.25) is 9.32 Å². The molecule has 0 saturated carbocycles. The van der Waals surface area contributed by atoms with Crippen molar-refractivity contribution >= 4 is 44.7 Å². The Bertz CT molecular complexity index is 1470. The van der Waals surface area contributed by atoms with Crippen molar-refractivity contribution in [2.24, 2.45) is 7.05 Å². The Labute approximate surface area is 179 Å². The Morgan fingerprint density at radius 3 is 2.74 bits per heavy atom. The van der Waals surface area contributed by atoms with Gasteiger partial charge in [0.15, 0.2) is 7.05 Å². The van der Waals surface area contributed by atoms with Gasteiger partial charge in [0.25, 0.3) is 5.91 Å². The van der Waals surface area contributed by atoms with E-state index in [0.717, 1.165) is 22.5 Å². The summed E-state index contributed by atoms with van der Waals surface area (Å²) in [5.41, 5.74) is 14.5. The normalized spacial score (nSPS) is 10.9. The summed E-state index contributed by atoms with van der Waals surface area (Å²) in [6.45, 7) is 3.85. The number of rotatable bonds is 3. The van der Waals surface area contributed by atoms with Gasteiger partial charge in [0.2, 0.25) is 0 Å². The molecule has 0 unspecified atom stereocenters. The van der Waals surface area contributed by atoms with E-state index in [-0.39, 0.29) is 33.2 Å². The summed E-state index contributed by atoms with van der Waals surface area (Å²) in [7, 11) is 1.54. The Kier molecular flexibility index (Phi) is 4.71. The number of carbonyl (C=O) groups is 1. The highest BCUT2D eigenvalue weighted by Gasteiger charge is 2.32. The van der Waals surface area contributed by atoms with Crippen LogP contribution in [0.15, 0.2) is 27.5 Å². The third kappa shape index (κ3) is 3.10. The van der Waals surface area contributed by atoms with E-state index in [1.165, 1.54) is 4.68 Å². The second-order valence-electron chi connectivity index (χ2n) is 6.97. The summed E-state index contributed by atoms with van der Waals surface area (Å²) >= 11 is 1.03. The van der Waals surface area contributed by atoms with Crippen molar-refractivity contribution in [2.45, 2.75) is 13.8 Å². The standard InChI is InChI=1S/C20H17N7O3S/c1-8-5-4-6-11(9(8)2)24-18(28)16-14(22)13-12(15-20(29)30-26-27(15)3)10(7-21)17(23)25-19(13)31-16/h4-6H,1-3H3,(H5-,22,23,24,25,26,28,29)/p+1. The number of thiophene rings is 1. The zero-order valence-corrected chi connectivity index (χ0v) is 17.7. The average Bonchev–Trinajstić information content (AvgIpc) is 3.23. The largest absolute Gasteiger partial charge is 0.435 e. The lowest BCUT2D eigenvalue weighted by atomic mass is 10.0. The van der Waals surface area contributed by atoms with Crippen LogP contribution < -0.4 is 27.1 Å². The van der Waals surface area contributed by atoms with E-state index in [9.17, 15) is 14.9 Å². The highest BCUT2D eigenvalue weighted by molar-refractivity contribution is 7.21. The molecule has 10 nitrogen and oxygen atoms in total.